The molecule has 0 saturated heterocycles. The molecule has 0 heterocycles. The molecule has 0 aliphatic carbocycles. The van der Waals surface area contributed by atoms with E-state index in [2.05, 4.69) is 0 Å². The quantitative estimate of drug-likeness (QED) is 0.869. The molecule has 1 nitrogen and oxygen atoms in total. The van der Waals surface area contributed by atoms with E-state index >= 15 is 0 Å². The van der Waals surface area contributed by atoms with Crippen LogP contribution in [0.3, 0.4) is 0 Å². The zero-order chi connectivity index (χ0) is 13.2. The van der Waals surface area contributed by atoms with Crippen molar-refractivity contribution in [3.05, 3.63) is 48.0 Å². The van der Waals surface area contributed by atoms with Crippen molar-refractivity contribution in [2.24, 2.45) is 0 Å². The number of rotatable bonds is 3. The number of benzene rings is 2. The smallest absolute Gasteiger partial charge is 0.388 e. The van der Waals surface area contributed by atoms with Gasteiger partial charge in [0.2, 0.25) is 0 Å². The summed E-state index contributed by atoms with van der Waals surface area (Å²) in [6.45, 7) is 0. The van der Waals surface area contributed by atoms with Gasteiger partial charge in [-0.15, -0.1) is 0 Å². The van der Waals surface area contributed by atoms with Gasteiger partial charge in [-0.1, -0.05) is 42.5 Å². The molecule has 18 heavy (non-hydrogen) atoms. The van der Waals surface area contributed by atoms with E-state index in [4.69, 9.17) is 0 Å². The summed E-state index contributed by atoms with van der Waals surface area (Å²) in [6, 6.07) is 12.6. The monoisotopic (exact) mass is 254 g/mol. The standard InChI is InChI=1S/C14H13F3O/c15-14(16,17)9-8-13(18)12-7-3-5-10-4-1-2-6-11(10)12/h1-7,13,18H,8-9H2. The SMILES string of the molecule is OC(CCC(F)(F)F)c1cccc2ccccc12. The fourth-order valence-corrected chi connectivity index (χ4v) is 2.00. The van der Waals surface area contributed by atoms with Crippen molar-refractivity contribution in [2.45, 2.75) is 25.1 Å². The first-order chi connectivity index (χ1) is 8.47. The normalized spacial score (nSPS) is 13.8. The lowest BCUT2D eigenvalue weighted by Crippen LogP contribution is -2.10. The molecule has 1 N–H and O–H groups in total. The highest BCUT2D eigenvalue weighted by atomic mass is 19.4. The van der Waals surface area contributed by atoms with Crippen LogP contribution in [-0.4, -0.2) is 11.3 Å². The topological polar surface area (TPSA) is 20.2 Å². The minimum atomic E-state index is -4.23. The second-order valence-electron chi connectivity index (χ2n) is 4.24. The van der Waals surface area contributed by atoms with Crippen molar-refractivity contribution in [1.82, 2.24) is 0 Å². The van der Waals surface area contributed by atoms with Crippen molar-refractivity contribution in [3.8, 4) is 0 Å². The van der Waals surface area contributed by atoms with Crippen LogP contribution in [0.25, 0.3) is 10.8 Å². The van der Waals surface area contributed by atoms with E-state index in [0.717, 1.165) is 10.8 Å². The third-order valence-electron chi connectivity index (χ3n) is 2.88. The molecular weight excluding hydrogens is 241 g/mol. The fraction of sp³-hybridized carbons (Fsp3) is 0.286. The second kappa shape index (κ2) is 4.98. The Kier molecular flexibility index (Phi) is 3.57. The number of alkyl halides is 3. The minimum absolute atomic E-state index is 0.308. The van der Waals surface area contributed by atoms with Crippen LogP contribution in [-0.2, 0) is 0 Å². The van der Waals surface area contributed by atoms with Gasteiger partial charge in [0.15, 0.2) is 0 Å². The van der Waals surface area contributed by atoms with Crippen LogP contribution in [0.15, 0.2) is 42.5 Å². The van der Waals surface area contributed by atoms with E-state index in [1.807, 2.05) is 30.3 Å². The summed E-state index contributed by atoms with van der Waals surface area (Å²) in [5, 5.41) is 11.6. The predicted octanol–water partition coefficient (Wildman–Crippen LogP) is 4.22. The molecule has 2 aromatic rings. The van der Waals surface area contributed by atoms with Crippen LogP contribution in [0.1, 0.15) is 24.5 Å². The van der Waals surface area contributed by atoms with E-state index in [1.54, 1.807) is 12.1 Å². The molecule has 0 aliphatic heterocycles. The van der Waals surface area contributed by atoms with E-state index in [0.29, 0.717) is 5.56 Å². The first kappa shape index (κ1) is 12.9. The number of fused-ring (bicyclic) bond motifs is 1. The Labute approximate surface area is 103 Å². The van der Waals surface area contributed by atoms with Gasteiger partial charge < -0.3 is 5.11 Å². The van der Waals surface area contributed by atoms with Gasteiger partial charge in [-0.3, -0.25) is 0 Å². The summed E-state index contributed by atoms with van der Waals surface area (Å²) >= 11 is 0. The highest BCUT2D eigenvalue weighted by Gasteiger charge is 2.28. The zero-order valence-corrected chi connectivity index (χ0v) is 9.61. The number of aliphatic hydroxyl groups is 1. The van der Waals surface area contributed by atoms with E-state index in [-0.39, 0.29) is 6.42 Å². The minimum Gasteiger partial charge on any atom is -0.388 e. The van der Waals surface area contributed by atoms with E-state index in [9.17, 15) is 18.3 Å². The molecule has 0 amide bonds. The largest absolute Gasteiger partial charge is 0.389 e. The van der Waals surface area contributed by atoms with E-state index in [1.165, 1.54) is 0 Å². The first-order valence-electron chi connectivity index (χ1n) is 5.70. The summed E-state index contributed by atoms with van der Waals surface area (Å²) in [5.74, 6) is 0. The van der Waals surface area contributed by atoms with Crippen LogP contribution in [0.2, 0.25) is 0 Å². The molecule has 0 aromatic heterocycles. The van der Waals surface area contributed by atoms with Crippen molar-refractivity contribution in [2.75, 3.05) is 0 Å². The summed E-state index contributed by atoms with van der Waals surface area (Å²) in [4.78, 5) is 0. The summed E-state index contributed by atoms with van der Waals surface area (Å²) in [6.07, 6.45) is -6.60. The number of hydrogen-bond acceptors (Lipinski definition) is 1. The molecule has 0 spiro atoms. The molecule has 0 aliphatic rings. The number of aliphatic hydroxyl groups excluding tert-OH is 1. The van der Waals surface area contributed by atoms with Crippen molar-refractivity contribution in [1.29, 1.82) is 0 Å². The fourth-order valence-electron chi connectivity index (χ4n) is 2.00. The third-order valence-corrected chi connectivity index (χ3v) is 2.88. The number of halogens is 3. The zero-order valence-electron chi connectivity index (χ0n) is 9.61. The van der Waals surface area contributed by atoms with Crippen LogP contribution < -0.4 is 0 Å². The van der Waals surface area contributed by atoms with Gasteiger partial charge in [-0.2, -0.15) is 13.2 Å². The highest BCUT2D eigenvalue weighted by Crippen LogP contribution is 2.30. The second-order valence-corrected chi connectivity index (χ2v) is 4.24. The van der Waals surface area contributed by atoms with Gasteiger partial charge >= 0.3 is 6.18 Å². The van der Waals surface area contributed by atoms with Crippen molar-refractivity contribution < 1.29 is 18.3 Å². The molecule has 0 fully saturated rings. The third kappa shape index (κ3) is 3.01. The predicted molar refractivity (Wildman–Crippen MR) is 64.2 cm³/mol. The summed E-state index contributed by atoms with van der Waals surface area (Å²) in [7, 11) is 0. The Morgan fingerprint density at radius 2 is 1.67 bits per heavy atom. The molecule has 0 saturated carbocycles. The highest BCUT2D eigenvalue weighted by molar-refractivity contribution is 5.85. The molecule has 2 aromatic carbocycles. The maximum atomic E-state index is 12.1. The molecular formula is C14H13F3O. The molecule has 0 radical (unpaired) electrons. The molecule has 4 heteroatoms. The van der Waals surface area contributed by atoms with E-state index < -0.39 is 18.7 Å². The maximum Gasteiger partial charge on any atom is 0.389 e. The Morgan fingerprint density at radius 1 is 1.00 bits per heavy atom. The lowest BCUT2D eigenvalue weighted by Gasteiger charge is -2.14. The average molecular weight is 254 g/mol. The first-order valence-corrected chi connectivity index (χ1v) is 5.70. The van der Waals surface area contributed by atoms with Crippen LogP contribution in [0.5, 0.6) is 0 Å². The van der Waals surface area contributed by atoms with Crippen molar-refractivity contribution >= 4 is 10.8 Å². The van der Waals surface area contributed by atoms with Crippen molar-refractivity contribution in [3.63, 3.8) is 0 Å². The lowest BCUT2D eigenvalue weighted by atomic mass is 9.98. The number of hydrogen-bond donors (Lipinski definition) is 1. The van der Waals surface area contributed by atoms with Gasteiger partial charge in [0.25, 0.3) is 0 Å². The Hall–Kier alpha value is -1.55. The average Bonchev–Trinajstić information content (AvgIpc) is 2.34. The van der Waals surface area contributed by atoms with Crippen LogP contribution in [0.4, 0.5) is 13.2 Å². The maximum absolute atomic E-state index is 12.1. The van der Waals surface area contributed by atoms with Gasteiger partial charge in [-0.25, -0.2) is 0 Å². The van der Waals surface area contributed by atoms with Gasteiger partial charge in [0.05, 0.1) is 6.10 Å². The van der Waals surface area contributed by atoms with Gasteiger partial charge in [0.1, 0.15) is 0 Å². The molecule has 1 unspecified atom stereocenters. The molecule has 96 valence electrons. The van der Waals surface area contributed by atoms with Gasteiger partial charge in [0, 0.05) is 6.42 Å². The summed E-state index contributed by atoms with van der Waals surface area (Å²) in [5.41, 5.74) is 0.553. The Bertz CT molecular complexity index is 529. The van der Waals surface area contributed by atoms with Crippen LogP contribution in [0, 0.1) is 0 Å². The lowest BCUT2D eigenvalue weighted by molar-refractivity contribution is -0.140. The Balaban J connectivity index is 2.25. The summed E-state index contributed by atoms with van der Waals surface area (Å²) < 4.78 is 36.4. The molecule has 2 rings (SSSR count). The molecule has 0 bridgehead atoms. The van der Waals surface area contributed by atoms with Crippen LogP contribution >= 0.6 is 0 Å². The molecule has 1 atom stereocenters. The van der Waals surface area contributed by atoms with Gasteiger partial charge in [-0.05, 0) is 22.8 Å². The Morgan fingerprint density at radius 3 is 2.39 bits per heavy atom.